The number of carbonyl (C=O) groups is 3. The molecule has 6 aromatic carbocycles. The fraction of sp³-hybridized carbons (Fsp3) is 0.220. The summed E-state index contributed by atoms with van der Waals surface area (Å²) in [5.74, 6) is -0.230. The molecule has 0 saturated carbocycles. The van der Waals surface area contributed by atoms with Gasteiger partial charge in [0, 0.05) is 52.8 Å². The van der Waals surface area contributed by atoms with Gasteiger partial charge in [0.15, 0.2) is 0 Å². The quantitative estimate of drug-likeness (QED) is 0.115. The van der Waals surface area contributed by atoms with Gasteiger partial charge in [-0.15, -0.1) is 0 Å². The van der Waals surface area contributed by atoms with Crippen LogP contribution in [0, 0.1) is 25.7 Å². The van der Waals surface area contributed by atoms with Crippen LogP contribution in [0.15, 0.2) is 146 Å². The second-order valence-corrected chi connectivity index (χ2v) is 15.1. The molecule has 292 valence electrons. The average molecular weight is 769 g/mol. The van der Waals surface area contributed by atoms with Crippen molar-refractivity contribution in [3.05, 3.63) is 173 Å². The van der Waals surface area contributed by atoms with Crippen LogP contribution in [0.4, 0.5) is 34.1 Å². The maximum Gasteiger partial charge on any atom is 0.229 e. The smallest absolute Gasteiger partial charge is 0.229 e. The van der Waals surface area contributed by atoms with E-state index in [0.29, 0.717) is 18.7 Å². The SMILES string of the molecule is CCN1C(=O)C2C(C(=O)N(CC)C2c2ccc(N(c3ccc(C)cc3)c3ccc(OC)cc3)cc2)C1c1ccc(N(c2ccc(C)cc2)c2ccc(C=O)cc2)cc1. The first-order valence-corrected chi connectivity index (χ1v) is 20.0. The summed E-state index contributed by atoms with van der Waals surface area (Å²) < 4.78 is 5.44. The van der Waals surface area contributed by atoms with E-state index in [0.717, 1.165) is 62.9 Å². The zero-order chi connectivity index (χ0) is 40.5. The average Bonchev–Trinajstić information content (AvgIpc) is 3.72. The summed E-state index contributed by atoms with van der Waals surface area (Å²) in [6.45, 7) is 9.12. The number of carbonyl (C=O) groups excluding carboxylic acids is 3. The van der Waals surface area contributed by atoms with Gasteiger partial charge >= 0.3 is 0 Å². The largest absolute Gasteiger partial charge is 0.497 e. The van der Waals surface area contributed by atoms with Gasteiger partial charge in [-0.3, -0.25) is 14.4 Å². The van der Waals surface area contributed by atoms with Crippen molar-refractivity contribution in [3.8, 4) is 5.75 Å². The molecule has 58 heavy (non-hydrogen) atoms. The third-order valence-corrected chi connectivity index (χ3v) is 11.7. The van der Waals surface area contributed by atoms with Gasteiger partial charge in [-0.25, -0.2) is 0 Å². The van der Waals surface area contributed by atoms with Crippen LogP contribution in [0.1, 0.15) is 58.5 Å². The Labute approximate surface area is 340 Å². The molecule has 2 aliphatic heterocycles. The monoisotopic (exact) mass is 768 g/mol. The van der Waals surface area contributed by atoms with Crippen molar-refractivity contribution in [2.75, 3.05) is 30.0 Å². The van der Waals surface area contributed by atoms with Gasteiger partial charge in [-0.05, 0) is 136 Å². The predicted octanol–water partition coefficient (Wildman–Crippen LogP) is 10.8. The highest BCUT2D eigenvalue weighted by Gasteiger charge is 2.61. The zero-order valence-electron chi connectivity index (χ0n) is 33.6. The Hall–Kier alpha value is -6.67. The maximum atomic E-state index is 14.5. The number of fused-ring (bicyclic) bond motifs is 1. The molecule has 0 aliphatic carbocycles. The lowest BCUT2D eigenvalue weighted by Crippen LogP contribution is -2.38. The molecule has 2 aliphatic rings. The molecular weight excluding hydrogens is 721 g/mol. The first-order valence-electron chi connectivity index (χ1n) is 20.0. The molecule has 0 bridgehead atoms. The first-order chi connectivity index (χ1) is 28.2. The maximum absolute atomic E-state index is 14.5. The van der Waals surface area contributed by atoms with E-state index in [1.165, 1.54) is 5.56 Å². The number of hydrogen-bond acceptors (Lipinski definition) is 6. The molecule has 0 aromatic heterocycles. The number of rotatable bonds is 12. The van der Waals surface area contributed by atoms with Gasteiger partial charge in [-0.2, -0.15) is 0 Å². The summed E-state index contributed by atoms with van der Waals surface area (Å²) >= 11 is 0. The molecule has 2 heterocycles. The number of benzene rings is 6. The van der Waals surface area contributed by atoms with Gasteiger partial charge in [-0.1, -0.05) is 59.7 Å². The van der Waals surface area contributed by atoms with Crippen molar-refractivity contribution in [2.24, 2.45) is 11.8 Å². The minimum absolute atomic E-state index is 0.0102. The van der Waals surface area contributed by atoms with Crippen LogP contribution in [-0.2, 0) is 9.59 Å². The number of methoxy groups -OCH3 is 1. The molecule has 8 heteroatoms. The summed E-state index contributed by atoms with van der Waals surface area (Å²) in [5.41, 5.74) is 10.6. The first kappa shape index (κ1) is 38.2. The third kappa shape index (κ3) is 6.89. The number of aryl methyl sites for hydroxylation is 2. The van der Waals surface area contributed by atoms with Crippen molar-refractivity contribution in [1.29, 1.82) is 0 Å². The van der Waals surface area contributed by atoms with Gasteiger partial charge in [0.25, 0.3) is 0 Å². The summed E-state index contributed by atoms with van der Waals surface area (Å²) in [4.78, 5) is 48.7. The fourth-order valence-corrected chi connectivity index (χ4v) is 8.85. The minimum Gasteiger partial charge on any atom is -0.497 e. The molecule has 6 aromatic rings. The van der Waals surface area contributed by atoms with E-state index in [-0.39, 0.29) is 17.9 Å². The lowest BCUT2D eigenvalue weighted by molar-refractivity contribution is -0.135. The van der Waals surface area contributed by atoms with Gasteiger partial charge in [0.2, 0.25) is 11.8 Å². The Morgan fingerprint density at radius 2 is 0.810 bits per heavy atom. The zero-order valence-corrected chi connectivity index (χ0v) is 33.6. The van der Waals surface area contributed by atoms with Crippen LogP contribution in [0.25, 0.3) is 0 Å². The Kier molecular flexibility index (Phi) is 10.6. The van der Waals surface area contributed by atoms with Crippen LogP contribution >= 0.6 is 0 Å². The Balaban J connectivity index is 1.12. The molecule has 2 fully saturated rings. The number of amides is 2. The predicted molar refractivity (Wildman–Crippen MR) is 231 cm³/mol. The Morgan fingerprint density at radius 3 is 1.12 bits per heavy atom. The standard InChI is InChI=1S/C50H48N4O4/c1-6-51-47(36-14-24-41(25-15-36)53(38-18-8-33(3)9-19-38)40-22-12-35(32-55)13-23-40)45-46(50(51)57)48(52(7-2)49(45)56)37-16-26-42(27-17-37)54(39-20-10-34(4)11-21-39)43-28-30-44(58-5)31-29-43/h8-32,45-48H,6-7H2,1-5H3. The van der Waals surface area contributed by atoms with E-state index >= 15 is 0 Å². The van der Waals surface area contributed by atoms with Crippen LogP contribution in [0.5, 0.6) is 5.75 Å². The number of aldehydes is 1. The van der Waals surface area contributed by atoms with Crippen molar-refractivity contribution >= 4 is 52.2 Å². The van der Waals surface area contributed by atoms with Gasteiger partial charge < -0.3 is 24.3 Å². The normalized spacial score (nSPS) is 18.6. The lowest BCUT2D eigenvalue weighted by atomic mass is 9.83. The number of likely N-dealkylation sites (tertiary alicyclic amines) is 2. The molecule has 4 atom stereocenters. The molecule has 0 radical (unpaired) electrons. The fourth-order valence-electron chi connectivity index (χ4n) is 8.85. The molecular formula is C50H48N4O4. The van der Waals surface area contributed by atoms with Crippen LogP contribution in [0.3, 0.4) is 0 Å². The van der Waals surface area contributed by atoms with E-state index in [1.807, 2.05) is 72.2 Å². The van der Waals surface area contributed by atoms with E-state index < -0.39 is 17.9 Å². The summed E-state index contributed by atoms with van der Waals surface area (Å²) in [5, 5.41) is 0. The van der Waals surface area contributed by atoms with E-state index in [2.05, 4.69) is 121 Å². The molecule has 0 N–H and O–H groups in total. The molecule has 0 spiro atoms. The van der Waals surface area contributed by atoms with Gasteiger partial charge in [0.05, 0.1) is 31.0 Å². The lowest BCUT2D eigenvalue weighted by Gasteiger charge is -2.32. The summed E-state index contributed by atoms with van der Waals surface area (Å²) in [6, 6.07) is 48.1. The third-order valence-electron chi connectivity index (χ3n) is 11.7. The minimum atomic E-state index is -0.518. The molecule has 8 nitrogen and oxygen atoms in total. The van der Waals surface area contributed by atoms with Crippen molar-refractivity contribution in [3.63, 3.8) is 0 Å². The topological polar surface area (TPSA) is 73.4 Å². The molecule has 2 saturated heterocycles. The van der Waals surface area contributed by atoms with E-state index in [9.17, 15) is 14.4 Å². The second-order valence-electron chi connectivity index (χ2n) is 15.1. The van der Waals surface area contributed by atoms with Crippen LogP contribution in [0.2, 0.25) is 0 Å². The highest BCUT2D eigenvalue weighted by molar-refractivity contribution is 5.97. The number of anilines is 6. The highest BCUT2D eigenvalue weighted by Crippen LogP contribution is 2.54. The van der Waals surface area contributed by atoms with E-state index in [4.69, 9.17) is 4.74 Å². The van der Waals surface area contributed by atoms with Crippen LogP contribution in [-0.4, -0.2) is 48.1 Å². The van der Waals surface area contributed by atoms with Crippen LogP contribution < -0.4 is 14.5 Å². The molecule has 8 rings (SSSR count). The summed E-state index contributed by atoms with van der Waals surface area (Å²) in [6.07, 6.45) is 0.845. The highest BCUT2D eigenvalue weighted by atomic mass is 16.5. The van der Waals surface area contributed by atoms with Crippen molar-refractivity contribution < 1.29 is 19.1 Å². The summed E-state index contributed by atoms with van der Waals surface area (Å²) in [7, 11) is 1.66. The number of hydrogen-bond donors (Lipinski definition) is 0. The number of nitrogens with zero attached hydrogens (tertiary/aromatic N) is 4. The number of ether oxygens (including phenoxy) is 1. The Bertz CT molecular complexity index is 2390. The van der Waals surface area contributed by atoms with Gasteiger partial charge in [0.1, 0.15) is 12.0 Å². The molecule has 4 unspecified atom stereocenters. The van der Waals surface area contributed by atoms with E-state index in [1.54, 1.807) is 7.11 Å². The second kappa shape index (κ2) is 16.1. The van der Waals surface area contributed by atoms with Crippen molar-refractivity contribution in [2.45, 2.75) is 39.8 Å². The molecule has 2 amide bonds. The van der Waals surface area contributed by atoms with Crippen molar-refractivity contribution in [1.82, 2.24) is 9.80 Å². The Morgan fingerprint density at radius 1 is 0.500 bits per heavy atom.